The molecule has 0 saturated carbocycles. The van der Waals surface area contributed by atoms with Crippen LogP contribution in [0, 0.1) is 0 Å². The number of morpholine rings is 1. The topological polar surface area (TPSA) is 76.8 Å². The number of rotatable bonds is 4. The van der Waals surface area contributed by atoms with Gasteiger partial charge in [-0.15, -0.1) is 12.4 Å². The summed E-state index contributed by atoms with van der Waals surface area (Å²) >= 11 is 0. The number of carbonyl (C=O) groups excluding carboxylic acids is 1. The molecule has 2 fully saturated rings. The lowest BCUT2D eigenvalue weighted by Gasteiger charge is -2.31. The number of hydrogen-bond acceptors (Lipinski definition) is 5. The maximum absolute atomic E-state index is 14.0. The van der Waals surface area contributed by atoms with Crippen molar-refractivity contribution in [2.24, 2.45) is 5.73 Å². The quantitative estimate of drug-likeness (QED) is 0.842. The molecular weight excluding hydrogens is 337 g/mol. The normalized spacial score (nSPS) is 24.1. The molecule has 1 aromatic carbocycles. The minimum absolute atomic E-state index is 0. The minimum Gasteiger partial charge on any atom is -0.486 e. The molecule has 0 bridgehead atoms. The molecule has 1 amide bonds. The Morgan fingerprint density at radius 3 is 2.79 bits per heavy atom. The van der Waals surface area contributed by atoms with E-state index in [1.165, 1.54) is 0 Å². The van der Waals surface area contributed by atoms with Gasteiger partial charge in [0.2, 0.25) is 0 Å². The van der Waals surface area contributed by atoms with Crippen molar-refractivity contribution >= 4 is 24.0 Å². The molecule has 2 saturated heterocycles. The monoisotopic (exact) mass is 359 g/mol. The first-order chi connectivity index (χ1) is 11.1. The maximum Gasteiger partial charge on any atom is 0.252 e. The van der Waals surface area contributed by atoms with E-state index in [0.29, 0.717) is 31.9 Å². The van der Waals surface area contributed by atoms with Crippen molar-refractivity contribution < 1.29 is 18.7 Å². The number of anilines is 1. The number of amides is 1. The molecule has 2 aliphatic rings. The van der Waals surface area contributed by atoms with Crippen LogP contribution < -0.4 is 20.7 Å². The molecule has 0 aromatic heterocycles. The summed E-state index contributed by atoms with van der Waals surface area (Å²) in [5.41, 5.74) is 6.64. The number of benzene rings is 1. The van der Waals surface area contributed by atoms with E-state index in [2.05, 4.69) is 10.2 Å². The molecule has 3 N–H and O–H groups in total. The smallest absolute Gasteiger partial charge is 0.252 e. The number of halogens is 2. The van der Waals surface area contributed by atoms with E-state index in [0.717, 1.165) is 18.8 Å². The van der Waals surface area contributed by atoms with E-state index in [9.17, 15) is 9.18 Å². The Morgan fingerprint density at radius 2 is 2.12 bits per heavy atom. The Balaban J connectivity index is 0.00000208. The summed E-state index contributed by atoms with van der Waals surface area (Å²) in [7, 11) is 0. The molecule has 0 unspecified atom stereocenters. The molecule has 2 aliphatic heterocycles. The van der Waals surface area contributed by atoms with E-state index in [1.807, 2.05) is 6.07 Å². The van der Waals surface area contributed by atoms with Crippen LogP contribution in [0.15, 0.2) is 18.2 Å². The molecule has 6 nitrogen and oxygen atoms in total. The number of carbonyl (C=O) groups is 1. The first kappa shape index (κ1) is 18.8. The summed E-state index contributed by atoms with van der Waals surface area (Å²) in [6.45, 7) is 3.83. The zero-order valence-corrected chi connectivity index (χ0v) is 14.2. The fourth-order valence-corrected chi connectivity index (χ4v) is 2.92. The Morgan fingerprint density at radius 1 is 1.38 bits per heavy atom. The number of nitrogens with one attached hydrogen (secondary N) is 1. The van der Waals surface area contributed by atoms with Crippen LogP contribution in [0.2, 0.25) is 0 Å². The Hall–Kier alpha value is -1.57. The van der Waals surface area contributed by atoms with Crippen LogP contribution in [0.5, 0.6) is 5.75 Å². The van der Waals surface area contributed by atoms with E-state index in [1.54, 1.807) is 12.1 Å². The highest BCUT2D eigenvalue weighted by Gasteiger charge is 2.28. The van der Waals surface area contributed by atoms with Gasteiger partial charge in [-0.1, -0.05) is 0 Å². The van der Waals surface area contributed by atoms with Gasteiger partial charge in [-0.05, 0) is 25.1 Å². The standard InChI is InChI=1S/C16H22FN3O3.ClH/c17-13-10-19-4-3-14(13)23-15-9-11(1-2-12(15)16(18)21)20-5-7-22-8-6-20;/h1-2,9,13-14,19H,3-8,10H2,(H2,18,21);1H/t13-,14+;/m0./s1. The number of primary amides is 1. The molecule has 2 heterocycles. The van der Waals surface area contributed by atoms with E-state index in [4.69, 9.17) is 15.2 Å². The number of hydrogen-bond donors (Lipinski definition) is 2. The fourth-order valence-electron chi connectivity index (χ4n) is 2.92. The first-order valence-electron chi connectivity index (χ1n) is 7.93. The van der Waals surface area contributed by atoms with Gasteiger partial charge in [0.05, 0.1) is 18.8 Å². The third-order valence-electron chi connectivity index (χ3n) is 4.23. The van der Waals surface area contributed by atoms with Gasteiger partial charge >= 0.3 is 0 Å². The molecule has 3 rings (SSSR count). The zero-order chi connectivity index (χ0) is 16.2. The van der Waals surface area contributed by atoms with Crippen molar-refractivity contribution in [2.45, 2.75) is 18.7 Å². The Kier molecular flexibility index (Phi) is 6.65. The summed E-state index contributed by atoms with van der Waals surface area (Å²) in [5.74, 6) is -0.214. The molecule has 0 radical (unpaired) electrons. The van der Waals surface area contributed by atoms with Crippen LogP contribution in [0.25, 0.3) is 0 Å². The Bertz CT molecular complexity index is 569. The van der Waals surface area contributed by atoms with Crippen LogP contribution in [0.3, 0.4) is 0 Å². The van der Waals surface area contributed by atoms with Crippen LogP contribution in [0.4, 0.5) is 10.1 Å². The van der Waals surface area contributed by atoms with Crippen LogP contribution in [0.1, 0.15) is 16.8 Å². The van der Waals surface area contributed by atoms with Crippen LogP contribution in [-0.2, 0) is 4.74 Å². The number of nitrogens with two attached hydrogens (primary N) is 1. The third-order valence-corrected chi connectivity index (χ3v) is 4.23. The summed E-state index contributed by atoms with van der Waals surface area (Å²) in [4.78, 5) is 13.8. The van der Waals surface area contributed by atoms with E-state index < -0.39 is 18.2 Å². The summed E-state index contributed by atoms with van der Waals surface area (Å²) in [6.07, 6.45) is -1.10. The van der Waals surface area contributed by atoms with Crippen molar-refractivity contribution in [3.8, 4) is 5.75 Å². The van der Waals surface area contributed by atoms with E-state index >= 15 is 0 Å². The predicted octanol–water partition coefficient (Wildman–Crippen LogP) is 1.12. The number of piperidine rings is 1. The average Bonchev–Trinajstić information content (AvgIpc) is 2.57. The minimum atomic E-state index is -1.10. The molecule has 2 atom stereocenters. The van der Waals surface area contributed by atoms with Crippen LogP contribution >= 0.6 is 12.4 Å². The fraction of sp³-hybridized carbons (Fsp3) is 0.562. The largest absolute Gasteiger partial charge is 0.486 e. The highest BCUT2D eigenvalue weighted by atomic mass is 35.5. The van der Waals surface area contributed by atoms with E-state index in [-0.39, 0.29) is 24.5 Å². The van der Waals surface area contributed by atoms with Gasteiger partial charge in [0, 0.05) is 31.4 Å². The van der Waals surface area contributed by atoms with Crippen molar-refractivity contribution in [1.82, 2.24) is 5.32 Å². The first-order valence-corrected chi connectivity index (χ1v) is 7.93. The molecule has 24 heavy (non-hydrogen) atoms. The lowest BCUT2D eigenvalue weighted by Crippen LogP contribution is -2.44. The molecule has 1 aromatic rings. The second-order valence-electron chi connectivity index (χ2n) is 5.81. The lowest BCUT2D eigenvalue weighted by molar-refractivity contribution is 0.0713. The molecular formula is C16H23ClFN3O3. The summed E-state index contributed by atoms with van der Waals surface area (Å²) < 4.78 is 25.2. The highest BCUT2D eigenvalue weighted by molar-refractivity contribution is 5.96. The molecule has 134 valence electrons. The second kappa shape index (κ2) is 8.50. The Labute approximate surface area is 146 Å². The summed E-state index contributed by atoms with van der Waals surface area (Å²) in [6, 6.07) is 5.27. The van der Waals surface area contributed by atoms with Gasteiger partial charge in [0.15, 0.2) is 0 Å². The SMILES string of the molecule is Cl.NC(=O)c1ccc(N2CCOCC2)cc1O[C@@H]1CCNC[C@@H]1F. The average molecular weight is 360 g/mol. The van der Waals surface area contributed by atoms with Crippen molar-refractivity contribution in [3.05, 3.63) is 23.8 Å². The van der Waals surface area contributed by atoms with Crippen molar-refractivity contribution in [2.75, 3.05) is 44.3 Å². The van der Waals surface area contributed by atoms with Gasteiger partial charge in [-0.25, -0.2) is 4.39 Å². The van der Waals surface area contributed by atoms with Gasteiger partial charge < -0.3 is 25.4 Å². The van der Waals surface area contributed by atoms with Crippen LogP contribution in [-0.4, -0.2) is 57.6 Å². The predicted molar refractivity (Wildman–Crippen MR) is 92.0 cm³/mol. The van der Waals surface area contributed by atoms with Gasteiger partial charge in [-0.3, -0.25) is 4.79 Å². The van der Waals surface area contributed by atoms with Crippen molar-refractivity contribution in [1.29, 1.82) is 0 Å². The van der Waals surface area contributed by atoms with Gasteiger partial charge in [0.25, 0.3) is 5.91 Å². The number of ether oxygens (including phenoxy) is 2. The third kappa shape index (κ3) is 4.28. The highest BCUT2D eigenvalue weighted by Crippen LogP contribution is 2.29. The maximum atomic E-state index is 14.0. The molecule has 0 aliphatic carbocycles. The molecule has 0 spiro atoms. The van der Waals surface area contributed by atoms with Gasteiger partial charge in [0.1, 0.15) is 18.0 Å². The zero-order valence-electron chi connectivity index (χ0n) is 13.4. The number of alkyl halides is 1. The molecule has 8 heteroatoms. The second-order valence-corrected chi connectivity index (χ2v) is 5.81. The summed E-state index contributed by atoms with van der Waals surface area (Å²) in [5, 5.41) is 2.98. The van der Waals surface area contributed by atoms with Gasteiger partial charge in [-0.2, -0.15) is 0 Å². The number of nitrogens with zero attached hydrogens (tertiary/aromatic N) is 1. The van der Waals surface area contributed by atoms with Crippen molar-refractivity contribution in [3.63, 3.8) is 0 Å². The lowest BCUT2D eigenvalue weighted by atomic mass is 10.1.